The molecule has 8 rings (SSSR count). The van der Waals surface area contributed by atoms with Gasteiger partial charge >= 0.3 is 24.0 Å². The van der Waals surface area contributed by atoms with E-state index in [2.05, 4.69) is 32.6 Å². The van der Waals surface area contributed by atoms with Crippen LogP contribution in [0.3, 0.4) is 0 Å². The highest BCUT2D eigenvalue weighted by molar-refractivity contribution is 8.00. The fourth-order valence-corrected chi connectivity index (χ4v) is 11.7. The first-order valence-corrected chi connectivity index (χ1v) is 31.4. The van der Waals surface area contributed by atoms with E-state index in [9.17, 15) is 33.6 Å². The number of aromatic nitrogens is 2. The lowest BCUT2D eigenvalue weighted by molar-refractivity contribution is -0.169. The van der Waals surface area contributed by atoms with Crippen molar-refractivity contribution in [2.24, 2.45) is 12.2 Å². The molecule has 23 nitrogen and oxygen atoms in total. The Kier molecular flexibility index (Phi) is 22.9. The number of nitrogens with zero attached hydrogens (tertiary/aromatic N) is 5. The summed E-state index contributed by atoms with van der Waals surface area (Å²) in [5.41, 5.74) is 1.46. The van der Waals surface area contributed by atoms with Crippen molar-refractivity contribution in [2.75, 3.05) is 45.5 Å². The molecular weight excluding hydrogens is 1210 g/mol. The number of fused-ring (bicyclic) bond motifs is 2. The molecule has 0 bridgehead atoms. The molecule has 0 saturated carbocycles. The van der Waals surface area contributed by atoms with Gasteiger partial charge in [-0.3, -0.25) is 34.3 Å². The lowest BCUT2D eigenvalue weighted by atomic mass is 10.0. The SMILES string of the molecule is CCCCCN(CC1=C(C(=O)OCc2ccc(OC)cc2)N2C(=O)[C@@H](NC(=O)/C(=N\O[C@@H](CC(=O)OC(C)(C)C)C(=O)OCc3ccc(OC)cc3)c3csc(NC(=O)OC(C)(C)C)n3)[C@H]2SC1)Cc1ccc2c(c1)c(=O)c(OCc1ccc(OC)cc1)cn2C. The first-order valence-electron chi connectivity index (χ1n) is 29.5. The molecule has 25 heteroatoms. The van der Waals surface area contributed by atoms with E-state index in [0.717, 1.165) is 41.7 Å². The molecule has 2 aliphatic rings. The summed E-state index contributed by atoms with van der Waals surface area (Å²) in [6.07, 6.45) is 1.05. The molecule has 6 aromatic rings. The molecule has 2 aromatic heterocycles. The number of β-lactam (4-membered cyclic amide) rings is 1. The highest BCUT2D eigenvalue weighted by atomic mass is 32.2. The third-order valence-electron chi connectivity index (χ3n) is 14.1. The van der Waals surface area contributed by atoms with E-state index in [1.807, 2.05) is 54.1 Å². The van der Waals surface area contributed by atoms with E-state index in [1.54, 1.807) is 110 Å². The number of nitrogens with one attached hydrogen (secondary N) is 2. The Bertz CT molecular complexity index is 3700. The van der Waals surface area contributed by atoms with Gasteiger partial charge in [-0.15, -0.1) is 23.1 Å². The molecule has 2 N–H and O–H groups in total. The second kappa shape index (κ2) is 30.7. The van der Waals surface area contributed by atoms with Crippen molar-refractivity contribution in [3.8, 4) is 23.0 Å². The van der Waals surface area contributed by atoms with Gasteiger partial charge in [-0.25, -0.2) is 19.4 Å². The fourth-order valence-electron chi connectivity index (χ4n) is 9.68. The third kappa shape index (κ3) is 18.6. The van der Waals surface area contributed by atoms with Crippen molar-refractivity contribution in [1.29, 1.82) is 0 Å². The molecule has 3 atom stereocenters. The molecule has 0 radical (unpaired) electrons. The van der Waals surface area contributed by atoms with Crippen LogP contribution in [0.25, 0.3) is 10.9 Å². The highest BCUT2D eigenvalue weighted by Crippen LogP contribution is 2.41. The van der Waals surface area contributed by atoms with E-state index in [-0.39, 0.29) is 59.8 Å². The molecule has 2 aliphatic heterocycles. The number of rotatable bonds is 28. The molecule has 0 aliphatic carbocycles. The van der Waals surface area contributed by atoms with Crippen LogP contribution in [0.4, 0.5) is 9.93 Å². The van der Waals surface area contributed by atoms with Gasteiger partial charge in [0.2, 0.25) is 11.5 Å². The third-order valence-corrected chi connectivity index (χ3v) is 16.2. The number of pyridine rings is 1. The molecule has 4 aromatic carbocycles. The number of methoxy groups -OCH3 is 3. The monoisotopic (exact) mass is 1290 g/mol. The quantitative estimate of drug-likeness (QED) is 0.0116. The van der Waals surface area contributed by atoms with E-state index in [1.165, 1.54) is 29.2 Å². The lowest BCUT2D eigenvalue weighted by Crippen LogP contribution is -2.71. The van der Waals surface area contributed by atoms with Crippen LogP contribution in [-0.2, 0) is 81.2 Å². The number of thioether (sulfide) groups is 1. The van der Waals surface area contributed by atoms with Gasteiger partial charge < -0.3 is 52.6 Å². The standard InChI is InChI=1S/C66H77N7O16S2/c1-12-13-14-29-72(32-43-21-28-50-48(30-43)57(75)52(34-71(50)8)84-35-40-15-22-45(81-9)23-16-40)33-44-38-90-60-55(59(77)73(60)56(44)62(79)86-37-42-19-26-47(83-11)27-20-42)68-58(76)54(49-39-91-63(67-49)69-64(80)88-66(5,6)7)70-89-51(31-53(74)87-65(2,3)4)61(78)85-36-41-17-24-46(82-10)25-18-41/h15-28,30,34,39,51,55,60H,12-14,29,31-33,35-38H2,1-11H3,(H,68,76)(H,67,69,80)/b70-54-/t51-,55+,60+/m0/s1. The average Bonchev–Trinajstić information content (AvgIpc) is 0.910. The predicted octanol–water partition coefficient (Wildman–Crippen LogP) is 9.60. The van der Waals surface area contributed by atoms with Crippen LogP contribution in [0.2, 0.25) is 0 Å². The zero-order valence-corrected chi connectivity index (χ0v) is 54.5. The summed E-state index contributed by atoms with van der Waals surface area (Å²) >= 11 is 2.23. The van der Waals surface area contributed by atoms with Gasteiger partial charge in [-0.05, 0) is 131 Å². The number of benzene rings is 4. The smallest absolute Gasteiger partial charge is 0.413 e. The number of anilines is 1. The first-order chi connectivity index (χ1) is 43.4. The number of hydrogen-bond donors (Lipinski definition) is 2. The highest BCUT2D eigenvalue weighted by Gasteiger charge is 2.55. The summed E-state index contributed by atoms with van der Waals surface area (Å²) < 4.78 is 46.3. The summed E-state index contributed by atoms with van der Waals surface area (Å²) in [6.45, 7) is 13.1. The fraction of sp³-hybridized carbons (Fsp3) is 0.409. The number of unbranched alkanes of at least 4 members (excludes halogenated alkanes) is 2. The zero-order valence-electron chi connectivity index (χ0n) is 52.9. The van der Waals surface area contributed by atoms with Gasteiger partial charge in [0, 0.05) is 36.7 Å². The van der Waals surface area contributed by atoms with Crippen LogP contribution < -0.4 is 35.0 Å². The Morgan fingerprint density at radius 2 is 1.35 bits per heavy atom. The van der Waals surface area contributed by atoms with E-state index in [4.69, 9.17) is 42.7 Å². The van der Waals surface area contributed by atoms with E-state index in [0.29, 0.717) is 57.9 Å². The van der Waals surface area contributed by atoms with Crippen molar-refractivity contribution in [1.82, 2.24) is 24.7 Å². The van der Waals surface area contributed by atoms with Gasteiger partial charge in [0.05, 0.1) is 39.5 Å². The van der Waals surface area contributed by atoms with Crippen LogP contribution in [0.15, 0.2) is 124 Å². The topological polar surface area (TPSA) is 263 Å². The van der Waals surface area contributed by atoms with Gasteiger partial charge in [-0.1, -0.05) is 67.4 Å². The van der Waals surface area contributed by atoms with Crippen molar-refractivity contribution in [3.05, 3.63) is 152 Å². The number of amides is 3. The number of hydrogen-bond acceptors (Lipinski definition) is 21. The van der Waals surface area contributed by atoms with Crippen molar-refractivity contribution in [3.63, 3.8) is 0 Å². The van der Waals surface area contributed by atoms with E-state index >= 15 is 0 Å². The maximum Gasteiger partial charge on any atom is 0.413 e. The summed E-state index contributed by atoms with van der Waals surface area (Å²) in [4.78, 5) is 112. The second-order valence-electron chi connectivity index (χ2n) is 23.5. The van der Waals surface area contributed by atoms with Crippen LogP contribution in [0, 0.1) is 0 Å². The molecule has 0 unspecified atom stereocenters. The number of carbonyl (C=O) groups excluding carboxylic acids is 6. The normalized spacial score (nSPS) is 15.2. The molecule has 91 heavy (non-hydrogen) atoms. The Morgan fingerprint density at radius 1 is 0.758 bits per heavy atom. The minimum atomic E-state index is -1.77. The number of thiazole rings is 1. The van der Waals surface area contributed by atoms with Crippen LogP contribution >= 0.6 is 23.1 Å². The van der Waals surface area contributed by atoms with Crippen molar-refractivity contribution >= 4 is 80.7 Å². The largest absolute Gasteiger partial charge is 0.497 e. The zero-order chi connectivity index (χ0) is 65.6. The van der Waals surface area contributed by atoms with Crippen molar-refractivity contribution < 1.29 is 71.5 Å². The Balaban J connectivity index is 1.09. The maximum absolute atomic E-state index is 14.8. The maximum atomic E-state index is 14.8. The minimum absolute atomic E-state index is 0.00724. The molecule has 484 valence electrons. The van der Waals surface area contributed by atoms with E-state index < -0.39 is 76.7 Å². The summed E-state index contributed by atoms with van der Waals surface area (Å²) in [6, 6.07) is 25.6. The summed E-state index contributed by atoms with van der Waals surface area (Å²) in [7, 11) is 6.50. The summed E-state index contributed by atoms with van der Waals surface area (Å²) in [5, 5.41) is 10.4. The lowest BCUT2D eigenvalue weighted by Gasteiger charge is -2.50. The van der Waals surface area contributed by atoms with Crippen molar-refractivity contribution in [2.45, 2.75) is 129 Å². The number of carbonyl (C=O) groups is 6. The first kappa shape index (κ1) is 68.0. The molecule has 1 fully saturated rings. The van der Waals surface area contributed by atoms with Gasteiger partial charge in [0.25, 0.3) is 11.8 Å². The molecule has 4 heterocycles. The molecule has 3 amide bonds. The Hall–Kier alpha value is -8.94. The minimum Gasteiger partial charge on any atom is -0.497 e. The number of aryl methyl sites for hydroxylation is 1. The van der Waals surface area contributed by atoms with Gasteiger partial charge in [0.1, 0.15) is 71.1 Å². The Morgan fingerprint density at radius 3 is 1.95 bits per heavy atom. The predicted molar refractivity (Wildman–Crippen MR) is 343 cm³/mol. The number of ether oxygens (including phenoxy) is 8. The average molecular weight is 1290 g/mol. The van der Waals surface area contributed by atoms with Crippen LogP contribution in [0.1, 0.15) is 102 Å². The molecule has 1 saturated heterocycles. The second-order valence-corrected chi connectivity index (χ2v) is 25.5. The van der Waals surface area contributed by atoms with Gasteiger partial charge in [0.15, 0.2) is 16.6 Å². The van der Waals surface area contributed by atoms with Crippen LogP contribution in [-0.4, -0.2) is 130 Å². The number of oxime groups is 1. The Labute approximate surface area is 536 Å². The van der Waals surface area contributed by atoms with Gasteiger partial charge in [-0.2, -0.15) is 0 Å². The van der Waals surface area contributed by atoms with Crippen LogP contribution in [0.5, 0.6) is 23.0 Å². The molecule has 0 spiro atoms. The molecular formula is C66H77N7O16S2. The number of esters is 3. The summed E-state index contributed by atoms with van der Waals surface area (Å²) in [5.74, 6) is -1.98.